The first-order chi connectivity index (χ1) is 10.1. The maximum atomic E-state index is 12.0. The Labute approximate surface area is 133 Å². The summed E-state index contributed by atoms with van der Waals surface area (Å²) in [5, 5.41) is 13.3. The average molecular weight is 327 g/mol. The summed E-state index contributed by atoms with van der Waals surface area (Å²) in [6, 6.07) is 1.75. The van der Waals surface area contributed by atoms with Crippen LogP contribution in [-0.2, 0) is 4.79 Å². The minimum atomic E-state index is -1.02. The summed E-state index contributed by atoms with van der Waals surface area (Å²) in [4.78, 5) is 23.1. The van der Waals surface area contributed by atoms with Crippen molar-refractivity contribution in [2.75, 3.05) is 18.6 Å². The van der Waals surface area contributed by atoms with Gasteiger partial charge < -0.3 is 10.4 Å². The van der Waals surface area contributed by atoms with Crippen molar-refractivity contribution in [1.29, 1.82) is 0 Å². The van der Waals surface area contributed by atoms with Crippen LogP contribution in [0, 0.1) is 0 Å². The van der Waals surface area contributed by atoms with E-state index < -0.39 is 5.97 Å². The van der Waals surface area contributed by atoms with Gasteiger partial charge in [0.05, 0.1) is 4.88 Å². The first kappa shape index (κ1) is 17.8. The van der Waals surface area contributed by atoms with Crippen molar-refractivity contribution in [2.45, 2.75) is 25.7 Å². The highest BCUT2D eigenvalue weighted by Gasteiger charge is 2.10. The lowest BCUT2D eigenvalue weighted by Gasteiger charge is -2.04. The number of hydrogen-bond acceptors (Lipinski definition) is 4. The summed E-state index contributed by atoms with van der Waals surface area (Å²) < 4.78 is 0. The van der Waals surface area contributed by atoms with E-state index in [9.17, 15) is 9.59 Å². The maximum absolute atomic E-state index is 12.0. The second-order valence-electron chi connectivity index (χ2n) is 4.54. The zero-order valence-electron chi connectivity index (χ0n) is 12.1. The molecular weight excluding hydrogens is 306 g/mol. The standard InChI is InChI=1S/C15H21NO3S2/c1-20-10-5-3-2-4-9-16-15(19)14-12(8-11-21-14)6-7-13(17)18/h6-8,11H,2-5,9-10H2,1H3,(H,16,19)(H,17,18)/b7-6+. The van der Waals surface area contributed by atoms with E-state index in [1.54, 1.807) is 11.4 Å². The summed E-state index contributed by atoms with van der Waals surface area (Å²) in [6.45, 7) is 0.665. The van der Waals surface area contributed by atoms with Gasteiger partial charge in [0.2, 0.25) is 0 Å². The number of hydrogen-bond donors (Lipinski definition) is 2. The van der Waals surface area contributed by atoms with Crippen LogP contribution >= 0.6 is 23.1 Å². The molecule has 0 unspecified atom stereocenters. The topological polar surface area (TPSA) is 66.4 Å². The number of carbonyl (C=O) groups is 2. The minimum absolute atomic E-state index is 0.126. The lowest BCUT2D eigenvalue weighted by atomic mass is 10.2. The van der Waals surface area contributed by atoms with E-state index in [1.807, 2.05) is 11.8 Å². The van der Waals surface area contributed by atoms with Gasteiger partial charge in [-0.3, -0.25) is 4.79 Å². The lowest BCUT2D eigenvalue weighted by molar-refractivity contribution is -0.131. The fourth-order valence-electron chi connectivity index (χ4n) is 1.80. The molecule has 1 heterocycles. The van der Waals surface area contributed by atoms with Crippen LogP contribution in [0.25, 0.3) is 6.08 Å². The summed E-state index contributed by atoms with van der Waals surface area (Å²) in [6.07, 6.45) is 9.13. The van der Waals surface area contributed by atoms with Gasteiger partial charge in [-0.2, -0.15) is 11.8 Å². The molecule has 0 bridgehead atoms. The van der Waals surface area contributed by atoms with Crippen molar-refractivity contribution < 1.29 is 14.7 Å². The highest BCUT2D eigenvalue weighted by Crippen LogP contribution is 2.18. The number of amides is 1. The molecular formula is C15H21NO3S2. The molecule has 2 N–H and O–H groups in total. The van der Waals surface area contributed by atoms with E-state index in [0.29, 0.717) is 17.0 Å². The van der Waals surface area contributed by atoms with Gasteiger partial charge in [-0.05, 0) is 47.9 Å². The Morgan fingerprint density at radius 2 is 2.10 bits per heavy atom. The Hall–Kier alpha value is -1.27. The van der Waals surface area contributed by atoms with Crippen molar-refractivity contribution in [3.05, 3.63) is 28.0 Å². The van der Waals surface area contributed by atoms with E-state index in [-0.39, 0.29) is 5.91 Å². The van der Waals surface area contributed by atoms with Crippen LogP contribution in [-0.4, -0.2) is 35.5 Å². The molecule has 4 nitrogen and oxygen atoms in total. The van der Waals surface area contributed by atoms with Crippen LogP contribution in [0.1, 0.15) is 40.9 Å². The molecule has 6 heteroatoms. The van der Waals surface area contributed by atoms with Gasteiger partial charge in [-0.25, -0.2) is 4.79 Å². The molecule has 0 atom stereocenters. The highest BCUT2D eigenvalue weighted by molar-refractivity contribution is 7.98. The van der Waals surface area contributed by atoms with Crippen molar-refractivity contribution in [1.82, 2.24) is 5.32 Å². The summed E-state index contributed by atoms with van der Waals surface area (Å²) in [5.74, 6) is 0.0536. The Morgan fingerprint density at radius 3 is 2.81 bits per heavy atom. The minimum Gasteiger partial charge on any atom is -0.478 e. The Bertz CT molecular complexity index is 483. The molecule has 0 saturated carbocycles. The van der Waals surface area contributed by atoms with Gasteiger partial charge in [0.1, 0.15) is 0 Å². The van der Waals surface area contributed by atoms with E-state index >= 15 is 0 Å². The predicted molar refractivity (Wildman–Crippen MR) is 90.2 cm³/mol. The molecule has 0 aliphatic heterocycles. The average Bonchev–Trinajstić information content (AvgIpc) is 2.92. The molecule has 0 spiro atoms. The van der Waals surface area contributed by atoms with Crippen molar-refractivity contribution in [3.8, 4) is 0 Å². The molecule has 1 aromatic heterocycles. The Morgan fingerprint density at radius 1 is 1.33 bits per heavy atom. The molecule has 1 rings (SSSR count). The number of thioether (sulfide) groups is 1. The monoisotopic (exact) mass is 327 g/mol. The predicted octanol–water partition coefficient (Wildman–Crippen LogP) is 3.50. The summed E-state index contributed by atoms with van der Waals surface area (Å²) in [7, 11) is 0. The van der Waals surface area contributed by atoms with E-state index in [0.717, 1.165) is 18.9 Å². The normalized spacial score (nSPS) is 10.9. The zero-order valence-corrected chi connectivity index (χ0v) is 13.8. The van der Waals surface area contributed by atoms with Gasteiger partial charge in [-0.1, -0.05) is 12.8 Å². The number of carboxylic acid groups (broad SMARTS) is 1. The van der Waals surface area contributed by atoms with Gasteiger partial charge in [-0.15, -0.1) is 11.3 Å². The fourth-order valence-corrected chi connectivity index (χ4v) is 3.10. The molecule has 0 radical (unpaired) electrons. The van der Waals surface area contributed by atoms with Crippen molar-refractivity contribution in [3.63, 3.8) is 0 Å². The molecule has 21 heavy (non-hydrogen) atoms. The Balaban J connectivity index is 2.32. The number of carboxylic acids is 1. The summed E-state index contributed by atoms with van der Waals surface area (Å²) >= 11 is 3.19. The van der Waals surface area contributed by atoms with Crippen LogP contribution < -0.4 is 5.32 Å². The quantitative estimate of drug-likeness (QED) is 0.510. The van der Waals surface area contributed by atoms with E-state index in [4.69, 9.17) is 5.11 Å². The first-order valence-electron chi connectivity index (χ1n) is 6.90. The number of thiophene rings is 1. The van der Waals surface area contributed by atoms with Gasteiger partial charge in [0, 0.05) is 12.6 Å². The van der Waals surface area contributed by atoms with Crippen LogP contribution in [0.15, 0.2) is 17.5 Å². The van der Waals surface area contributed by atoms with Crippen molar-refractivity contribution >= 4 is 41.1 Å². The van der Waals surface area contributed by atoms with E-state index in [2.05, 4.69) is 11.6 Å². The maximum Gasteiger partial charge on any atom is 0.328 e. The van der Waals surface area contributed by atoms with Gasteiger partial charge >= 0.3 is 5.97 Å². The second-order valence-corrected chi connectivity index (χ2v) is 6.44. The third-order valence-corrected chi connectivity index (χ3v) is 4.49. The van der Waals surface area contributed by atoms with E-state index in [1.165, 1.54) is 36.0 Å². The number of unbranched alkanes of at least 4 members (excludes halogenated alkanes) is 3. The molecule has 0 aliphatic carbocycles. The number of carbonyl (C=O) groups excluding carboxylic acids is 1. The third kappa shape index (κ3) is 7.34. The highest BCUT2D eigenvalue weighted by atomic mass is 32.2. The zero-order chi connectivity index (χ0) is 15.5. The molecule has 0 fully saturated rings. The molecule has 0 aromatic carbocycles. The lowest BCUT2D eigenvalue weighted by Crippen LogP contribution is -2.24. The van der Waals surface area contributed by atoms with Gasteiger partial charge in [0.25, 0.3) is 5.91 Å². The number of aliphatic carboxylic acids is 1. The molecule has 0 saturated heterocycles. The molecule has 1 aromatic rings. The molecule has 1 amide bonds. The summed E-state index contributed by atoms with van der Waals surface area (Å²) in [5.41, 5.74) is 0.653. The fraction of sp³-hybridized carbons (Fsp3) is 0.467. The van der Waals surface area contributed by atoms with Crippen LogP contribution in [0.4, 0.5) is 0 Å². The third-order valence-electron chi connectivity index (χ3n) is 2.87. The Kier molecular flexibility index (Phi) is 8.85. The number of nitrogens with one attached hydrogen (secondary N) is 1. The smallest absolute Gasteiger partial charge is 0.328 e. The van der Waals surface area contributed by atoms with Crippen LogP contribution in [0.3, 0.4) is 0 Å². The SMILES string of the molecule is CSCCCCCCNC(=O)c1sccc1/C=C/C(=O)O. The second kappa shape index (κ2) is 10.5. The van der Waals surface area contributed by atoms with Crippen molar-refractivity contribution in [2.24, 2.45) is 0 Å². The molecule has 116 valence electrons. The van der Waals surface area contributed by atoms with Crippen LogP contribution in [0.5, 0.6) is 0 Å². The number of rotatable bonds is 10. The van der Waals surface area contributed by atoms with Crippen LogP contribution in [0.2, 0.25) is 0 Å². The molecule has 0 aliphatic rings. The first-order valence-corrected chi connectivity index (χ1v) is 9.18. The van der Waals surface area contributed by atoms with Gasteiger partial charge in [0.15, 0.2) is 0 Å². The largest absolute Gasteiger partial charge is 0.478 e.